The third kappa shape index (κ3) is 4.53. The summed E-state index contributed by atoms with van der Waals surface area (Å²) in [6, 6.07) is 21.0. The average molecular weight is 264 g/mol. The molecule has 0 aliphatic carbocycles. The van der Waals surface area contributed by atoms with Gasteiger partial charge in [-0.2, -0.15) is 5.26 Å². The number of rotatable bonds is 6. The van der Waals surface area contributed by atoms with Crippen LogP contribution in [0.5, 0.6) is 0 Å². The van der Waals surface area contributed by atoms with Crippen LogP contribution in [-0.2, 0) is 13.0 Å². The van der Waals surface area contributed by atoms with E-state index < -0.39 is 0 Å². The van der Waals surface area contributed by atoms with Crippen LogP contribution in [0.1, 0.15) is 30.0 Å². The van der Waals surface area contributed by atoms with Crippen LogP contribution in [0.3, 0.4) is 0 Å². The highest BCUT2D eigenvalue weighted by atomic mass is 14.9. The van der Waals surface area contributed by atoms with E-state index in [4.69, 9.17) is 5.26 Å². The highest BCUT2D eigenvalue weighted by Crippen LogP contribution is 2.07. The summed E-state index contributed by atoms with van der Waals surface area (Å²) < 4.78 is 0. The second kappa shape index (κ2) is 7.47. The van der Waals surface area contributed by atoms with Crippen molar-refractivity contribution in [1.29, 1.82) is 5.26 Å². The Bertz CT molecular complexity index is 569. The van der Waals surface area contributed by atoms with Gasteiger partial charge in [0.2, 0.25) is 0 Å². The fraction of sp³-hybridized carbons (Fsp3) is 0.278. The lowest BCUT2D eigenvalue weighted by Crippen LogP contribution is -2.25. The molecule has 0 amide bonds. The number of aryl methyl sites for hydroxylation is 1. The maximum Gasteiger partial charge on any atom is 0.0991 e. The van der Waals surface area contributed by atoms with Gasteiger partial charge in [0.1, 0.15) is 0 Å². The summed E-state index contributed by atoms with van der Waals surface area (Å²) >= 11 is 0. The number of nitrogens with one attached hydrogen (secondary N) is 1. The standard InChI is InChI=1S/C18H20N2/c1-15(10-11-16-6-3-2-4-7-16)20-14-18-9-5-8-17(12-18)13-19/h2-9,12,15,20H,10-11,14H2,1H3. The van der Waals surface area contributed by atoms with E-state index >= 15 is 0 Å². The molecule has 2 nitrogen and oxygen atoms in total. The van der Waals surface area contributed by atoms with Gasteiger partial charge in [-0.1, -0.05) is 42.5 Å². The molecule has 1 atom stereocenters. The van der Waals surface area contributed by atoms with Crippen LogP contribution in [0.4, 0.5) is 0 Å². The van der Waals surface area contributed by atoms with Crippen LogP contribution >= 0.6 is 0 Å². The van der Waals surface area contributed by atoms with Crippen molar-refractivity contribution in [3.63, 3.8) is 0 Å². The number of hydrogen-bond acceptors (Lipinski definition) is 2. The van der Waals surface area contributed by atoms with E-state index in [9.17, 15) is 0 Å². The molecule has 2 aromatic carbocycles. The molecule has 0 saturated carbocycles. The zero-order chi connectivity index (χ0) is 14.2. The van der Waals surface area contributed by atoms with E-state index in [0.717, 1.165) is 30.5 Å². The summed E-state index contributed by atoms with van der Waals surface area (Å²) in [6.45, 7) is 3.02. The lowest BCUT2D eigenvalue weighted by Gasteiger charge is -2.14. The maximum atomic E-state index is 8.88. The lowest BCUT2D eigenvalue weighted by atomic mass is 10.1. The first-order chi connectivity index (χ1) is 9.78. The molecule has 102 valence electrons. The Labute approximate surface area is 121 Å². The smallest absolute Gasteiger partial charge is 0.0991 e. The Morgan fingerprint density at radius 3 is 2.55 bits per heavy atom. The quantitative estimate of drug-likeness (QED) is 0.864. The number of hydrogen-bond donors (Lipinski definition) is 1. The number of nitriles is 1. The van der Waals surface area contributed by atoms with Crippen LogP contribution in [0.15, 0.2) is 54.6 Å². The van der Waals surface area contributed by atoms with Gasteiger partial charge in [0.05, 0.1) is 11.6 Å². The molecule has 0 heterocycles. The van der Waals surface area contributed by atoms with Crippen LogP contribution in [0.25, 0.3) is 0 Å². The van der Waals surface area contributed by atoms with Gasteiger partial charge in [-0.25, -0.2) is 0 Å². The van der Waals surface area contributed by atoms with E-state index in [2.05, 4.69) is 48.6 Å². The second-order valence-electron chi connectivity index (χ2n) is 5.12. The predicted octanol–water partition coefficient (Wildman–Crippen LogP) is 3.67. The Balaban J connectivity index is 1.77. The lowest BCUT2D eigenvalue weighted by molar-refractivity contribution is 0.514. The van der Waals surface area contributed by atoms with Gasteiger partial charge < -0.3 is 5.32 Å². The molecule has 1 N–H and O–H groups in total. The largest absolute Gasteiger partial charge is 0.310 e. The van der Waals surface area contributed by atoms with Crippen LogP contribution in [0, 0.1) is 11.3 Å². The summed E-state index contributed by atoms with van der Waals surface area (Å²) in [4.78, 5) is 0. The van der Waals surface area contributed by atoms with Gasteiger partial charge in [0, 0.05) is 12.6 Å². The first-order valence-electron chi connectivity index (χ1n) is 7.04. The highest BCUT2D eigenvalue weighted by Gasteiger charge is 2.03. The zero-order valence-corrected chi connectivity index (χ0v) is 11.8. The Kier molecular flexibility index (Phi) is 5.34. The fourth-order valence-electron chi connectivity index (χ4n) is 2.17. The maximum absolute atomic E-state index is 8.88. The van der Waals surface area contributed by atoms with E-state index in [1.807, 2.05) is 24.3 Å². The average Bonchev–Trinajstić information content (AvgIpc) is 2.52. The molecule has 0 aliphatic heterocycles. The molecule has 0 bridgehead atoms. The summed E-state index contributed by atoms with van der Waals surface area (Å²) in [5.41, 5.74) is 3.27. The molecule has 0 spiro atoms. The number of benzene rings is 2. The first-order valence-corrected chi connectivity index (χ1v) is 7.04. The van der Waals surface area contributed by atoms with Crippen molar-refractivity contribution >= 4 is 0 Å². The molecule has 0 radical (unpaired) electrons. The van der Waals surface area contributed by atoms with Gasteiger partial charge in [0.15, 0.2) is 0 Å². The molecule has 2 aromatic rings. The molecule has 1 unspecified atom stereocenters. The van der Waals surface area contributed by atoms with Crippen LogP contribution in [-0.4, -0.2) is 6.04 Å². The fourth-order valence-corrected chi connectivity index (χ4v) is 2.17. The van der Waals surface area contributed by atoms with E-state index in [0.29, 0.717) is 6.04 Å². The SMILES string of the molecule is CC(CCc1ccccc1)NCc1cccc(C#N)c1. The van der Waals surface area contributed by atoms with Gasteiger partial charge >= 0.3 is 0 Å². The van der Waals surface area contributed by atoms with Crippen molar-refractivity contribution in [3.05, 3.63) is 71.3 Å². The topological polar surface area (TPSA) is 35.8 Å². The Morgan fingerprint density at radius 1 is 1.05 bits per heavy atom. The van der Waals surface area contributed by atoms with E-state index in [1.165, 1.54) is 5.56 Å². The van der Waals surface area contributed by atoms with Gasteiger partial charge in [0.25, 0.3) is 0 Å². The Hall–Kier alpha value is -2.11. The summed E-state index contributed by atoms with van der Waals surface area (Å²) in [6.07, 6.45) is 2.20. The zero-order valence-electron chi connectivity index (χ0n) is 11.8. The molecule has 0 aromatic heterocycles. The molecule has 0 aliphatic rings. The number of nitrogens with zero attached hydrogens (tertiary/aromatic N) is 1. The van der Waals surface area contributed by atoms with Crippen LogP contribution < -0.4 is 5.32 Å². The van der Waals surface area contributed by atoms with Gasteiger partial charge in [-0.15, -0.1) is 0 Å². The summed E-state index contributed by atoms with van der Waals surface area (Å²) in [7, 11) is 0. The Morgan fingerprint density at radius 2 is 1.80 bits per heavy atom. The van der Waals surface area contributed by atoms with Crippen molar-refractivity contribution in [1.82, 2.24) is 5.32 Å². The normalized spacial score (nSPS) is 11.8. The molecule has 0 fully saturated rings. The minimum atomic E-state index is 0.459. The molecular weight excluding hydrogens is 244 g/mol. The third-order valence-corrected chi connectivity index (χ3v) is 3.42. The molecular formula is C18H20N2. The van der Waals surface area contributed by atoms with E-state index in [1.54, 1.807) is 0 Å². The third-order valence-electron chi connectivity index (χ3n) is 3.42. The van der Waals surface area contributed by atoms with Crippen molar-refractivity contribution in [2.45, 2.75) is 32.4 Å². The molecule has 20 heavy (non-hydrogen) atoms. The minimum absolute atomic E-state index is 0.459. The van der Waals surface area contributed by atoms with Gasteiger partial charge in [-0.3, -0.25) is 0 Å². The second-order valence-corrected chi connectivity index (χ2v) is 5.12. The molecule has 2 rings (SSSR count). The molecule has 0 saturated heterocycles. The minimum Gasteiger partial charge on any atom is -0.310 e. The van der Waals surface area contributed by atoms with Gasteiger partial charge in [-0.05, 0) is 43.0 Å². The summed E-state index contributed by atoms with van der Waals surface area (Å²) in [5, 5.41) is 12.4. The molecule has 2 heteroatoms. The van der Waals surface area contributed by atoms with Crippen molar-refractivity contribution in [3.8, 4) is 6.07 Å². The predicted molar refractivity (Wildman–Crippen MR) is 82.2 cm³/mol. The van der Waals surface area contributed by atoms with Crippen molar-refractivity contribution < 1.29 is 0 Å². The van der Waals surface area contributed by atoms with Crippen LogP contribution in [0.2, 0.25) is 0 Å². The van der Waals surface area contributed by atoms with Crippen molar-refractivity contribution in [2.24, 2.45) is 0 Å². The van der Waals surface area contributed by atoms with E-state index in [-0.39, 0.29) is 0 Å². The first kappa shape index (κ1) is 14.3. The monoisotopic (exact) mass is 264 g/mol. The summed E-state index contributed by atoms with van der Waals surface area (Å²) in [5.74, 6) is 0. The highest BCUT2D eigenvalue weighted by molar-refractivity contribution is 5.32. The van der Waals surface area contributed by atoms with Crippen molar-refractivity contribution in [2.75, 3.05) is 0 Å².